The number of carbonyl (C=O) groups excluding carboxylic acids is 2. The number of thioether (sulfide) groups is 1. The Kier molecular flexibility index (Phi) is 5.98. The van der Waals surface area contributed by atoms with Gasteiger partial charge in [-0.05, 0) is 46.1 Å². The molecule has 8 nitrogen and oxygen atoms in total. The Morgan fingerprint density at radius 1 is 1.26 bits per heavy atom. The van der Waals surface area contributed by atoms with Crippen molar-refractivity contribution >= 4 is 29.4 Å². The molecule has 9 heteroatoms. The molecule has 27 heavy (non-hydrogen) atoms. The lowest BCUT2D eigenvalue weighted by atomic mass is 9.98. The molecule has 1 unspecified atom stereocenters. The number of hydrogen-bond acceptors (Lipinski definition) is 7. The SMILES string of the molecule is CCOC(=O)C1CCCN(C(=O)CSc2nc3nc(C)c(C)c(C)n3n2)C1. The zero-order valence-corrected chi connectivity index (χ0v) is 17.0. The van der Waals surface area contributed by atoms with Gasteiger partial charge in [-0.2, -0.15) is 4.98 Å². The number of aromatic nitrogens is 4. The fraction of sp³-hybridized carbons (Fsp3) is 0.611. The van der Waals surface area contributed by atoms with E-state index >= 15 is 0 Å². The maximum atomic E-state index is 12.6. The monoisotopic (exact) mass is 391 g/mol. The third kappa shape index (κ3) is 4.23. The molecule has 3 rings (SSSR count). The highest BCUT2D eigenvalue weighted by molar-refractivity contribution is 7.99. The highest BCUT2D eigenvalue weighted by Gasteiger charge is 2.29. The molecule has 0 N–H and O–H groups in total. The summed E-state index contributed by atoms with van der Waals surface area (Å²) in [6.45, 7) is 9.19. The van der Waals surface area contributed by atoms with Crippen LogP contribution in [0.4, 0.5) is 0 Å². The molecule has 1 saturated heterocycles. The van der Waals surface area contributed by atoms with Gasteiger partial charge in [0.05, 0.1) is 18.3 Å². The smallest absolute Gasteiger partial charge is 0.310 e. The van der Waals surface area contributed by atoms with Gasteiger partial charge in [-0.15, -0.1) is 5.10 Å². The molecule has 1 aliphatic rings. The summed E-state index contributed by atoms with van der Waals surface area (Å²) in [6.07, 6.45) is 1.58. The van der Waals surface area contributed by atoms with Crippen LogP contribution in [0.25, 0.3) is 5.78 Å². The van der Waals surface area contributed by atoms with Gasteiger partial charge in [-0.25, -0.2) is 9.50 Å². The number of aryl methyl sites for hydroxylation is 2. The molecule has 0 radical (unpaired) electrons. The van der Waals surface area contributed by atoms with Gasteiger partial charge in [-0.1, -0.05) is 11.8 Å². The van der Waals surface area contributed by atoms with Gasteiger partial charge in [0.1, 0.15) is 0 Å². The molecule has 0 spiro atoms. The number of piperidine rings is 1. The molecule has 3 heterocycles. The summed E-state index contributed by atoms with van der Waals surface area (Å²) in [5, 5.41) is 4.99. The molecule has 0 bridgehead atoms. The summed E-state index contributed by atoms with van der Waals surface area (Å²) in [5.74, 6) is 0.343. The maximum absolute atomic E-state index is 12.6. The second-order valence-electron chi connectivity index (χ2n) is 6.73. The lowest BCUT2D eigenvalue weighted by molar-refractivity contribution is -0.151. The first-order chi connectivity index (χ1) is 12.9. The fourth-order valence-corrected chi connectivity index (χ4v) is 3.89. The van der Waals surface area contributed by atoms with E-state index in [1.54, 1.807) is 16.3 Å². The standard InChI is InChI=1S/C18H25N5O3S/c1-5-26-16(25)14-7-6-8-22(9-14)15(24)10-27-18-20-17-19-12(3)11(2)13(4)23(17)21-18/h14H,5-10H2,1-4H3. The van der Waals surface area contributed by atoms with Crippen LogP contribution >= 0.6 is 11.8 Å². The van der Waals surface area contributed by atoms with E-state index < -0.39 is 0 Å². The summed E-state index contributed by atoms with van der Waals surface area (Å²) < 4.78 is 6.81. The predicted octanol–water partition coefficient (Wildman–Crippen LogP) is 1.94. The lowest BCUT2D eigenvalue weighted by Crippen LogP contribution is -2.43. The molecular formula is C18H25N5O3S. The summed E-state index contributed by atoms with van der Waals surface area (Å²) in [6, 6.07) is 0. The Bertz CT molecular complexity index is 866. The number of nitrogens with zero attached hydrogens (tertiary/aromatic N) is 5. The van der Waals surface area contributed by atoms with Crippen molar-refractivity contribution in [1.29, 1.82) is 0 Å². The quantitative estimate of drug-likeness (QED) is 0.568. The average Bonchev–Trinajstić information content (AvgIpc) is 3.07. The fourth-order valence-electron chi connectivity index (χ4n) is 3.17. The Labute approximate surface area is 162 Å². The lowest BCUT2D eigenvalue weighted by Gasteiger charge is -2.31. The molecule has 1 atom stereocenters. The van der Waals surface area contributed by atoms with E-state index in [4.69, 9.17) is 4.74 Å². The van der Waals surface area contributed by atoms with Crippen LogP contribution in [0.15, 0.2) is 5.16 Å². The number of likely N-dealkylation sites (tertiary alicyclic amines) is 1. The van der Waals surface area contributed by atoms with Gasteiger partial charge in [0, 0.05) is 24.5 Å². The normalized spacial score (nSPS) is 17.3. The molecule has 2 aromatic heterocycles. The number of amides is 1. The second kappa shape index (κ2) is 8.24. The molecule has 2 aromatic rings. The van der Waals surface area contributed by atoms with Gasteiger partial charge in [-0.3, -0.25) is 9.59 Å². The van der Waals surface area contributed by atoms with Crippen LogP contribution in [0.3, 0.4) is 0 Å². The summed E-state index contributed by atoms with van der Waals surface area (Å²) in [7, 11) is 0. The number of hydrogen-bond donors (Lipinski definition) is 0. The number of rotatable bonds is 5. The average molecular weight is 391 g/mol. The van der Waals surface area contributed by atoms with Gasteiger partial charge in [0.2, 0.25) is 11.1 Å². The molecule has 0 saturated carbocycles. The number of esters is 1. The van der Waals surface area contributed by atoms with Crippen molar-refractivity contribution in [2.24, 2.45) is 5.92 Å². The topological polar surface area (TPSA) is 89.7 Å². The first-order valence-electron chi connectivity index (χ1n) is 9.18. The van der Waals surface area contributed by atoms with Gasteiger partial charge < -0.3 is 9.64 Å². The number of fused-ring (bicyclic) bond motifs is 1. The molecular weight excluding hydrogens is 366 g/mol. The highest BCUT2D eigenvalue weighted by atomic mass is 32.2. The molecule has 1 amide bonds. The highest BCUT2D eigenvalue weighted by Crippen LogP contribution is 2.21. The number of ether oxygens (including phenoxy) is 1. The largest absolute Gasteiger partial charge is 0.466 e. The van der Waals surface area contributed by atoms with Crippen LogP contribution in [0.5, 0.6) is 0 Å². The molecule has 0 aliphatic carbocycles. The van der Waals surface area contributed by atoms with Crippen LogP contribution in [-0.4, -0.2) is 61.8 Å². The maximum Gasteiger partial charge on any atom is 0.310 e. The van der Waals surface area contributed by atoms with Crippen LogP contribution in [-0.2, 0) is 14.3 Å². The Morgan fingerprint density at radius 2 is 2.04 bits per heavy atom. The number of carbonyl (C=O) groups is 2. The first kappa shape index (κ1) is 19.6. The van der Waals surface area contributed by atoms with Crippen LogP contribution in [0.2, 0.25) is 0 Å². The van der Waals surface area contributed by atoms with E-state index in [9.17, 15) is 9.59 Å². The van der Waals surface area contributed by atoms with Crippen molar-refractivity contribution in [2.75, 3.05) is 25.4 Å². The summed E-state index contributed by atoms with van der Waals surface area (Å²) in [5.41, 5.74) is 3.01. The molecule has 1 fully saturated rings. The van der Waals surface area contributed by atoms with E-state index in [1.165, 1.54) is 11.8 Å². The van der Waals surface area contributed by atoms with Crippen molar-refractivity contribution in [1.82, 2.24) is 24.5 Å². The minimum absolute atomic E-state index is 0.00935. The summed E-state index contributed by atoms with van der Waals surface area (Å²) >= 11 is 1.30. The predicted molar refractivity (Wildman–Crippen MR) is 102 cm³/mol. The van der Waals surface area contributed by atoms with E-state index in [-0.39, 0.29) is 23.5 Å². The van der Waals surface area contributed by atoms with Crippen LogP contribution in [0, 0.1) is 26.7 Å². The van der Waals surface area contributed by atoms with Crippen molar-refractivity contribution in [3.63, 3.8) is 0 Å². The molecule has 146 valence electrons. The Hall–Kier alpha value is -2.16. The molecule has 1 aliphatic heterocycles. The summed E-state index contributed by atoms with van der Waals surface area (Å²) in [4.78, 5) is 35.1. The van der Waals surface area contributed by atoms with Crippen molar-refractivity contribution in [2.45, 2.75) is 45.7 Å². The first-order valence-corrected chi connectivity index (χ1v) is 10.2. The Balaban J connectivity index is 1.63. The minimum Gasteiger partial charge on any atom is -0.466 e. The van der Waals surface area contributed by atoms with E-state index in [0.717, 1.165) is 29.8 Å². The second-order valence-corrected chi connectivity index (χ2v) is 7.68. The third-order valence-electron chi connectivity index (χ3n) is 4.96. The van der Waals surface area contributed by atoms with E-state index in [2.05, 4.69) is 15.1 Å². The van der Waals surface area contributed by atoms with E-state index in [0.29, 0.717) is 30.6 Å². The van der Waals surface area contributed by atoms with Gasteiger partial charge in [0.25, 0.3) is 5.78 Å². The Morgan fingerprint density at radius 3 is 2.78 bits per heavy atom. The van der Waals surface area contributed by atoms with E-state index in [1.807, 2.05) is 20.8 Å². The van der Waals surface area contributed by atoms with Crippen molar-refractivity contribution in [3.8, 4) is 0 Å². The van der Waals surface area contributed by atoms with Gasteiger partial charge in [0.15, 0.2) is 0 Å². The van der Waals surface area contributed by atoms with Crippen LogP contribution < -0.4 is 0 Å². The minimum atomic E-state index is -0.223. The van der Waals surface area contributed by atoms with Gasteiger partial charge >= 0.3 is 5.97 Å². The van der Waals surface area contributed by atoms with Crippen molar-refractivity contribution < 1.29 is 14.3 Å². The zero-order valence-electron chi connectivity index (χ0n) is 16.2. The van der Waals surface area contributed by atoms with Crippen LogP contribution in [0.1, 0.15) is 36.7 Å². The third-order valence-corrected chi connectivity index (χ3v) is 5.78. The zero-order chi connectivity index (χ0) is 19.6. The molecule has 0 aromatic carbocycles. The van der Waals surface area contributed by atoms with Crippen molar-refractivity contribution in [3.05, 3.63) is 17.0 Å².